The van der Waals surface area contributed by atoms with E-state index in [2.05, 4.69) is 61.6 Å². The van der Waals surface area contributed by atoms with Crippen LogP contribution in [0, 0.1) is 0 Å². The Morgan fingerprint density at radius 3 is 2.58 bits per heavy atom. The predicted octanol–water partition coefficient (Wildman–Crippen LogP) is 3.37. The monoisotopic (exact) mass is 280 g/mol. The van der Waals surface area contributed by atoms with E-state index >= 15 is 0 Å². The summed E-state index contributed by atoms with van der Waals surface area (Å²) < 4.78 is 0. The van der Waals surface area contributed by atoms with Crippen LogP contribution in [0.3, 0.4) is 0 Å². The normalized spacial score (nSPS) is 12.9. The number of benzene rings is 1. The molecule has 0 aliphatic carbocycles. The van der Waals surface area contributed by atoms with Crippen LogP contribution in [0.4, 0.5) is 0 Å². The quantitative estimate of drug-likeness (QED) is 0.746. The van der Waals surface area contributed by atoms with Crippen molar-refractivity contribution in [3.8, 4) is 0 Å². The molecule has 1 aromatic carbocycles. The fourth-order valence-electron chi connectivity index (χ4n) is 2.08. The van der Waals surface area contributed by atoms with Gasteiger partial charge >= 0.3 is 0 Å². The molecular formula is C16H28N2S. The van der Waals surface area contributed by atoms with E-state index in [9.17, 15) is 0 Å². The van der Waals surface area contributed by atoms with Crippen molar-refractivity contribution >= 4 is 11.8 Å². The lowest BCUT2D eigenvalue weighted by atomic mass is 10.1. The maximum Gasteiger partial charge on any atom is 0.0236 e. The molecule has 1 atom stereocenters. The predicted molar refractivity (Wildman–Crippen MR) is 87.8 cm³/mol. The van der Waals surface area contributed by atoms with Gasteiger partial charge in [-0.3, -0.25) is 4.90 Å². The maximum atomic E-state index is 3.42. The summed E-state index contributed by atoms with van der Waals surface area (Å²) in [6.45, 7) is 7.51. The van der Waals surface area contributed by atoms with Gasteiger partial charge in [0, 0.05) is 19.1 Å². The van der Waals surface area contributed by atoms with E-state index in [1.54, 1.807) is 0 Å². The van der Waals surface area contributed by atoms with Gasteiger partial charge < -0.3 is 5.32 Å². The Morgan fingerprint density at radius 1 is 1.26 bits per heavy atom. The Morgan fingerprint density at radius 2 is 1.95 bits per heavy atom. The summed E-state index contributed by atoms with van der Waals surface area (Å²) in [7, 11) is 2.23. The molecule has 0 amide bonds. The summed E-state index contributed by atoms with van der Waals surface area (Å²) in [6, 6.07) is 9.40. The summed E-state index contributed by atoms with van der Waals surface area (Å²) in [5, 5.41) is 3.42. The molecular weight excluding hydrogens is 252 g/mol. The molecule has 1 unspecified atom stereocenters. The van der Waals surface area contributed by atoms with Gasteiger partial charge in [-0.1, -0.05) is 31.2 Å². The molecule has 0 aliphatic rings. The first-order chi connectivity index (χ1) is 9.19. The van der Waals surface area contributed by atoms with E-state index in [4.69, 9.17) is 0 Å². The fraction of sp³-hybridized carbons (Fsp3) is 0.625. The molecule has 0 radical (unpaired) electrons. The third-order valence-corrected chi connectivity index (χ3v) is 4.24. The van der Waals surface area contributed by atoms with E-state index in [-0.39, 0.29) is 0 Å². The average molecular weight is 280 g/mol. The van der Waals surface area contributed by atoms with Crippen molar-refractivity contribution in [2.45, 2.75) is 39.4 Å². The highest BCUT2D eigenvalue weighted by Gasteiger charge is 2.11. The third-order valence-electron chi connectivity index (χ3n) is 3.60. The van der Waals surface area contributed by atoms with Crippen LogP contribution in [0.2, 0.25) is 0 Å². The number of thioether (sulfide) groups is 1. The van der Waals surface area contributed by atoms with Crippen LogP contribution in [0.1, 0.15) is 31.4 Å². The molecule has 0 fully saturated rings. The maximum absolute atomic E-state index is 3.42. The molecule has 2 nitrogen and oxygen atoms in total. The SMILES string of the molecule is CCNCc1ccccc1CN(C)C(C)CCSC. The van der Waals surface area contributed by atoms with Crippen LogP contribution >= 0.6 is 11.8 Å². The molecule has 0 bridgehead atoms. The van der Waals surface area contributed by atoms with Gasteiger partial charge in [-0.2, -0.15) is 11.8 Å². The molecule has 1 N–H and O–H groups in total. The number of hydrogen-bond donors (Lipinski definition) is 1. The minimum absolute atomic E-state index is 0.639. The van der Waals surface area contributed by atoms with Crippen molar-refractivity contribution in [1.29, 1.82) is 0 Å². The summed E-state index contributed by atoms with van der Waals surface area (Å²) in [6.07, 6.45) is 3.44. The first-order valence-corrected chi connectivity index (χ1v) is 8.55. The second-order valence-electron chi connectivity index (χ2n) is 5.09. The van der Waals surface area contributed by atoms with E-state index < -0.39 is 0 Å². The highest BCUT2D eigenvalue weighted by Crippen LogP contribution is 2.14. The molecule has 0 saturated carbocycles. The number of hydrogen-bond acceptors (Lipinski definition) is 3. The van der Waals surface area contributed by atoms with Crippen LogP contribution in [0.25, 0.3) is 0 Å². The zero-order valence-corrected chi connectivity index (χ0v) is 13.6. The molecule has 1 rings (SSSR count). The Bertz CT molecular complexity index is 354. The van der Waals surface area contributed by atoms with Crippen LogP contribution < -0.4 is 5.32 Å². The van der Waals surface area contributed by atoms with Gasteiger partial charge in [-0.25, -0.2) is 0 Å². The largest absolute Gasteiger partial charge is 0.313 e. The summed E-state index contributed by atoms with van der Waals surface area (Å²) in [5.41, 5.74) is 2.87. The zero-order chi connectivity index (χ0) is 14.1. The topological polar surface area (TPSA) is 15.3 Å². The summed E-state index contributed by atoms with van der Waals surface area (Å²) in [4.78, 5) is 2.46. The molecule has 0 aromatic heterocycles. The minimum atomic E-state index is 0.639. The highest BCUT2D eigenvalue weighted by molar-refractivity contribution is 7.98. The molecule has 19 heavy (non-hydrogen) atoms. The Balaban J connectivity index is 2.59. The molecule has 0 spiro atoms. The lowest BCUT2D eigenvalue weighted by molar-refractivity contribution is 0.244. The van der Waals surface area contributed by atoms with Gasteiger partial charge in [0.2, 0.25) is 0 Å². The van der Waals surface area contributed by atoms with E-state index in [1.807, 2.05) is 11.8 Å². The lowest BCUT2D eigenvalue weighted by Crippen LogP contribution is -2.29. The van der Waals surface area contributed by atoms with Gasteiger partial charge in [-0.05, 0) is 50.1 Å². The van der Waals surface area contributed by atoms with Crippen LogP contribution in [0.5, 0.6) is 0 Å². The molecule has 0 saturated heterocycles. The van der Waals surface area contributed by atoms with Gasteiger partial charge in [0.05, 0.1) is 0 Å². The van der Waals surface area contributed by atoms with Crippen LogP contribution in [-0.4, -0.2) is 36.5 Å². The molecule has 108 valence electrons. The Labute approximate surface area is 123 Å². The smallest absolute Gasteiger partial charge is 0.0236 e. The molecule has 3 heteroatoms. The van der Waals surface area contributed by atoms with E-state index in [0.29, 0.717) is 6.04 Å². The number of rotatable bonds is 9. The van der Waals surface area contributed by atoms with Crippen molar-refractivity contribution in [2.75, 3.05) is 25.6 Å². The summed E-state index contributed by atoms with van der Waals surface area (Å²) >= 11 is 1.93. The fourth-order valence-corrected chi connectivity index (χ4v) is 2.65. The van der Waals surface area contributed by atoms with Crippen molar-refractivity contribution in [2.24, 2.45) is 0 Å². The van der Waals surface area contributed by atoms with Crippen molar-refractivity contribution in [1.82, 2.24) is 10.2 Å². The third kappa shape index (κ3) is 5.98. The minimum Gasteiger partial charge on any atom is -0.313 e. The molecule has 0 heterocycles. The van der Waals surface area contributed by atoms with Crippen molar-refractivity contribution in [3.05, 3.63) is 35.4 Å². The summed E-state index contributed by atoms with van der Waals surface area (Å²) in [5.74, 6) is 1.24. The Kier molecular flexibility index (Phi) is 8.19. The van der Waals surface area contributed by atoms with E-state index in [0.717, 1.165) is 19.6 Å². The van der Waals surface area contributed by atoms with Gasteiger partial charge in [-0.15, -0.1) is 0 Å². The first-order valence-electron chi connectivity index (χ1n) is 7.15. The average Bonchev–Trinajstić information content (AvgIpc) is 2.43. The second-order valence-corrected chi connectivity index (χ2v) is 6.08. The number of nitrogens with one attached hydrogen (secondary N) is 1. The van der Waals surface area contributed by atoms with Gasteiger partial charge in [0.1, 0.15) is 0 Å². The van der Waals surface area contributed by atoms with Gasteiger partial charge in [0.25, 0.3) is 0 Å². The molecule has 1 aromatic rings. The van der Waals surface area contributed by atoms with Crippen LogP contribution in [0.15, 0.2) is 24.3 Å². The highest BCUT2D eigenvalue weighted by atomic mass is 32.2. The standard InChI is InChI=1S/C16H28N2S/c1-5-17-12-15-8-6-7-9-16(15)13-18(3)14(2)10-11-19-4/h6-9,14,17H,5,10-13H2,1-4H3. The van der Waals surface area contributed by atoms with Crippen LogP contribution in [-0.2, 0) is 13.1 Å². The zero-order valence-electron chi connectivity index (χ0n) is 12.8. The van der Waals surface area contributed by atoms with Crippen molar-refractivity contribution in [3.63, 3.8) is 0 Å². The number of nitrogens with zero attached hydrogens (tertiary/aromatic N) is 1. The molecule has 0 aliphatic heterocycles. The Hall–Kier alpha value is -0.510. The van der Waals surface area contributed by atoms with Gasteiger partial charge in [0.15, 0.2) is 0 Å². The van der Waals surface area contributed by atoms with E-state index in [1.165, 1.54) is 23.3 Å². The van der Waals surface area contributed by atoms with Crippen molar-refractivity contribution < 1.29 is 0 Å². The lowest BCUT2D eigenvalue weighted by Gasteiger charge is -2.25. The second kappa shape index (κ2) is 9.40. The first kappa shape index (κ1) is 16.5.